The molecule has 27 heteroatoms. The highest BCUT2D eigenvalue weighted by atomic mass is 16.6. The van der Waals surface area contributed by atoms with Gasteiger partial charge in [0.1, 0.15) is 36.8 Å². The Balaban J connectivity index is 1.41. The van der Waals surface area contributed by atoms with Gasteiger partial charge in [0.25, 0.3) is 0 Å². The fraction of sp³-hybridized carbons (Fsp3) is 0.652. The molecule has 518 valence electrons. The molecule has 2 heterocycles. The highest BCUT2D eigenvalue weighted by Gasteiger charge is 2.46. The lowest BCUT2D eigenvalue weighted by Gasteiger charge is -2.41. The third-order valence-electron chi connectivity index (χ3n) is 17.8. The molecule has 1 unspecified atom stereocenters. The molecule has 93 heavy (non-hydrogen) atoms. The van der Waals surface area contributed by atoms with Crippen molar-refractivity contribution >= 4 is 71.0 Å². The second-order valence-electron chi connectivity index (χ2n) is 25.7. The molecule has 2 aliphatic heterocycles. The fourth-order valence-corrected chi connectivity index (χ4v) is 12.1. The van der Waals surface area contributed by atoms with Crippen LogP contribution in [0.15, 0.2) is 54.6 Å². The van der Waals surface area contributed by atoms with E-state index in [2.05, 4.69) is 31.9 Å². The van der Waals surface area contributed by atoms with E-state index in [9.17, 15) is 57.8 Å². The molecule has 0 radical (unpaired) electrons. The molecule has 12 amide bonds. The number of amides is 12. The van der Waals surface area contributed by atoms with Crippen LogP contribution in [0.2, 0.25) is 0 Å². The van der Waals surface area contributed by atoms with Gasteiger partial charge in [-0.1, -0.05) is 118 Å². The van der Waals surface area contributed by atoms with Gasteiger partial charge in [-0.15, -0.1) is 0 Å². The lowest BCUT2D eigenvalue weighted by atomic mass is 9.89. The summed E-state index contributed by atoms with van der Waals surface area (Å²) in [5.74, 6) is -7.87. The first-order chi connectivity index (χ1) is 43.8. The maximum absolute atomic E-state index is 14.8. The van der Waals surface area contributed by atoms with Crippen LogP contribution in [0.3, 0.4) is 0 Å². The van der Waals surface area contributed by atoms with Crippen LogP contribution in [0.4, 0.5) is 15.3 Å². The SMILES string of the molecule is CC[C@H](C)[C@@H]([C@@H](CC(=O)N1CCC[C@H]1[C@H](OC)[C@@H](C)C(=O)N[C@H](C)[C@@H](O)c1ccccc1)OC)N(C)C(=O)[C@@H](NC(=O)[C@H](C(C)C)N(C)C(=O)OCc1ccc(NC(=O)[C@H](CCCNC(N)=O)NC(=O)[C@@H](NC(=O)[C@H](CN)N2C(=O)CC(C)C2=O)C(C)C)cc1)C(C)C. The molecule has 0 saturated carbocycles. The van der Waals surface area contributed by atoms with Gasteiger partial charge >= 0.3 is 12.1 Å². The van der Waals surface area contributed by atoms with Gasteiger partial charge in [-0.25, -0.2) is 9.59 Å². The summed E-state index contributed by atoms with van der Waals surface area (Å²) in [5.41, 5.74) is 12.6. The molecule has 0 aromatic heterocycles. The van der Waals surface area contributed by atoms with Crippen LogP contribution in [0.1, 0.15) is 138 Å². The second-order valence-corrected chi connectivity index (χ2v) is 25.7. The Morgan fingerprint density at radius 3 is 1.91 bits per heavy atom. The summed E-state index contributed by atoms with van der Waals surface area (Å²) in [7, 11) is 6.05. The van der Waals surface area contributed by atoms with E-state index in [1.807, 2.05) is 32.0 Å². The summed E-state index contributed by atoms with van der Waals surface area (Å²) in [4.78, 5) is 154. The van der Waals surface area contributed by atoms with Crippen LogP contribution in [-0.2, 0) is 64.0 Å². The fourth-order valence-electron chi connectivity index (χ4n) is 12.1. The molecular formula is C66H104N12O15. The number of likely N-dealkylation sites (N-methyl/N-ethyl adjacent to an activating group) is 2. The van der Waals surface area contributed by atoms with E-state index in [1.165, 1.54) is 21.3 Å². The number of carbonyl (C=O) groups is 11. The molecule has 11 N–H and O–H groups in total. The Morgan fingerprint density at radius 1 is 0.753 bits per heavy atom. The number of urea groups is 1. The van der Waals surface area contributed by atoms with Crippen LogP contribution in [-0.4, -0.2) is 198 Å². The molecule has 2 fully saturated rings. The summed E-state index contributed by atoms with van der Waals surface area (Å²) in [6, 6.07) is 6.87. The van der Waals surface area contributed by atoms with Crippen molar-refractivity contribution < 1.29 is 72.1 Å². The standard InChI is InChI=1S/C66H104N12O15/c1-16-39(8)55(49(91-14)33-50(79)77-31-21-25-47(77)57(92-15)41(10)58(82)70-42(11)56(81)44-22-18-17-19-23-44)75(12)64(88)53(37(4)5)74-62(86)54(38(6)7)76(13)66(90)93-35-43-26-28-45(29-27-43)71-59(83)46(24-20-30-69-65(68)89)72-61(85)52(36(2)3)73-60(84)48(34-67)78-51(80)32-40(9)63(78)87/h17-19,22-23,26-29,36-42,46-49,52-57,81H,16,20-21,24-25,30-35,67H2,1-15H3,(H,70,82)(H,71,83)(H,72,85)(H,73,84)(H,74,86)(H3,68,69,89)/t39-,40?,41+,42+,46-,47-,48-,49+,52-,53-,54-,55-,56+,57+/m0/s1. The lowest BCUT2D eigenvalue weighted by molar-refractivity contribution is -0.148. The maximum Gasteiger partial charge on any atom is 0.410 e. The number of carbonyl (C=O) groups excluding carboxylic acids is 11. The number of aliphatic hydroxyl groups is 1. The number of nitrogens with zero attached hydrogens (tertiary/aromatic N) is 4. The minimum atomic E-state index is -1.36. The molecule has 0 spiro atoms. The van der Waals surface area contributed by atoms with E-state index in [4.69, 9.17) is 25.7 Å². The zero-order valence-corrected chi connectivity index (χ0v) is 56.9. The molecule has 2 saturated heterocycles. The average molecular weight is 1310 g/mol. The predicted molar refractivity (Wildman–Crippen MR) is 348 cm³/mol. The number of rotatable bonds is 35. The van der Waals surface area contributed by atoms with Gasteiger partial charge in [0.05, 0.1) is 48.8 Å². The minimum Gasteiger partial charge on any atom is -0.445 e. The van der Waals surface area contributed by atoms with Crippen LogP contribution < -0.4 is 43.4 Å². The molecule has 2 aliphatic rings. The van der Waals surface area contributed by atoms with Gasteiger partial charge in [-0.2, -0.15) is 0 Å². The Hall–Kier alpha value is -7.75. The molecular weight excluding hydrogens is 1200 g/mol. The summed E-state index contributed by atoms with van der Waals surface area (Å²) < 4.78 is 17.7. The van der Waals surface area contributed by atoms with Crippen molar-refractivity contribution in [1.29, 1.82) is 0 Å². The normalized spacial score (nSPS) is 18.8. The number of primary amides is 1. The number of anilines is 1. The van der Waals surface area contributed by atoms with Gasteiger partial charge in [-0.3, -0.25) is 53.0 Å². The first kappa shape index (κ1) is 77.7. The van der Waals surface area contributed by atoms with Gasteiger partial charge in [-0.05, 0) is 79.5 Å². The highest BCUT2D eigenvalue weighted by Crippen LogP contribution is 2.31. The summed E-state index contributed by atoms with van der Waals surface area (Å²) >= 11 is 0. The van der Waals surface area contributed by atoms with Crippen molar-refractivity contribution in [3.63, 3.8) is 0 Å². The van der Waals surface area contributed by atoms with E-state index >= 15 is 0 Å². The lowest BCUT2D eigenvalue weighted by Crippen LogP contribution is -2.60. The van der Waals surface area contributed by atoms with E-state index in [1.54, 1.807) is 116 Å². The molecule has 0 aliphatic carbocycles. The van der Waals surface area contributed by atoms with Crippen LogP contribution in [0.5, 0.6) is 0 Å². The zero-order chi connectivity index (χ0) is 69.7. The third-order valence-corrected chi connectivity index (χ3v) is 17.8. The number of hydrogen-bond acceptors (Lipinski definition) is 16. The predicted octanol–water partition coefficient (Wildman–Crippen LogP) is 3.31. The van der Waals surface area contributed by atoms with Gasteiger partial charge < -0.3 is 72.5 Å². The maximum atomic E-state index is 14.8. The zero-order valence-electron chi connectivity index (χ0n) is 56.9. The Labute approximate surface area is 547 Å². The molecule has 4 rings (SSSR count). The number of benzene rings is 2. The Kier molecular flexibility index (Phi) is 30.6. The van der Waals surface area contributed by atoms with Crippen molar-refractivity contribution in [1.82, 2.24) is 46.2 Å². The molecule has 2 aromatic rings. The van der Waals surface area contributed by atoms with Crippen molar-refractivity contribution in [2.75, 3.05) is 53.3 Å². The van der Waals surface area contributed by atoms with Crippen molar-refractivity contribution in [2.24, 2.45) is 47.0 Å². The summed E-state index contributed by atoms with van der Waals surface area (Å²) in [5, 5.41) is 27.3. The Bertz CT molecular complexity index is 2860. The molecule has 14 atom stereocenters. The quantitative estimate of drug-likeness (QED) is 0.0353. The van der Waals surface area contributed by atoms with Crippen LogP contribution in [0.25, 0.3) is 0 Å². The highest BCUT2D eigenvalue weighted by molar-refractivity contribution is 6.07. The number of nitrogens with two attached hydrogens (primary N) is 2. The number of hydrogen-bond donors (Lipinski definition) is 9. The molecule has 0 bridgehead atoms. The topological polar surface area (TPSA) is 373 Å². The first-order valence-electron chi connectivity index (χ1n) is 32.3. The van der Waals surface area contributed by atoms with Crippen LogP contribution in [0, 0.1) is 35.5 Å². The van der Waals surface area contributed by atoms with Crippen molar-refractivity contribution in [2.45, 2.75) is 194 Å². The first-order valence-corrected chi connectivity index (χ1v) is 32.3. The van der Waals surface area contributed by atoms with E-state index in [0.29, 0.717) is 42.6 Å². The largest absolute Gasteiger partial charge is 0.445 e. The number of methoxy groups -OCH3 is 2. The van der Waals surface area contributed by atoms with Crippen molar-refractivity contribution in [3.05, 3.63) is 65.7 Å². The number of likely N-dealkylation sites (tertiary alicyclic amines) is 2. The third kappa shape index (κ3) is 21.1. The minimum absolute atomic E-state index is 0.0172. The Morgan fingerprint density at radius 2 is 1.38 bits per heavy atom. The van der Waals surface area contributed by atoms with Gasteiger partial charge in [0.2, 0.25) is 53.2 Å². The van der Waals surface area contributed by atoms with Gasteiger partial charge in [0, 0.05) is 66.0 Å². The number of ether oxygens (including phenoxy) is 3. The number of nitrogens with one attached hydrogen (secondary N) is 6. The van der Waals surface area contributed by atoms with E-state index in [-0.39, 0.29) is 63.1 Å². The molecule has 2 aromatic carbocycles. The summed E-state index contributed by atoms with van der Waals surface area (Å²) in [6.45, 7) is 19.2. The van der Waals surface area contributed by atoms with Crippen molar-refractivity contribution in [3.8, 4) is 0 Å². The van der Waals surface area contributed by atoms with E-state index < -0.39 is 150 Å². The summed E-state index contributed by atoms with van der Waals surface area (Å²) in [6.07, 6.45) is -1.33. The average Bonchev–Trinajstić information content (AvgIpc) is 1.80. The van der Waals surface area contributed by atoms with E-state index in [0.717, 1.165) is 9.80 Å². The second kappa shape index (κ2) is 36.6. The monoisotopic (exact) mass is 1300 g/mol. The van der Waals surface area contributed by atoms with Gasteiger partial charge in [0.15, 0.2) is 0 Å². The van der Waals surface area contributed by atoms with Crippen LogP contribution >= 0.6 is 0 Å². The smallest absolute Gasteiger partial charge is 0.410 e. The number of imide groups is 1. The number of aliphatic hydroxyl groups excluding tert-OH is 1. The molecule has 27 nitrogen and oxygen atoms in total.